The maximum absolute atomic E-state index is 12.2. The normalized spacial score (nSPS) is 11.9. The van der Waals surface area contributed by atoms with Crippen LogP contribution in [0.1, 0.15) is 25.8 Å². The Morgan fingerprint density at radius 1 is 1.30 bits per heavy atom. The number of anilines is 1. The van der Waals surface area contributed by atoms with E-state index >= 15 is 0 Å². The summed E-state index contributed by atoms with van der Waals surface area (Å²) in [6.45, 7) is 4.47. The van der Waals surface area contributed by atoms with Crippen molar-refractivity contribution in [3.63, 3.8) is 0 Å². The number of hydrogen-bond acceptors (Lipinski definition) is 6. The fourth-order valence-corrected chi connectivity index (χ4v) is 4.07. The van der Waals surface area contributed by atoms with Gasteiger partial charge in [-0.15, -0.1) is 10.2 Å². The maximum atomic E-state index is 12.2. The smallest absolute Gasteiger partial charge is 0.236 e. The van der Waals surface area contributed by atoms with Crippen molar-refractivity contribution in [2.45, 2.75) is 31.7 Å². The molecule has 1 amide bonds. The quantitative estimate of drug-likeness (QED) is 0.380. The molecule has 0 saturated heterocycles. The zero-order valence-corrected chi connectivity index (χ0v) is 20.0. The molecular formula is C19H18BrCl2N5O2S. The number of nitrogens with one attached hydrogen (secondary N) is 1. The van der Waals surface area contributed by atoms with Gasteiger partial charge in [-0.25, -0.2) is 4.98 Å². The van der Waals surface area contributed by atoms with Crippen LogP contribution < -0.4 is 10.1 Å². The second kappa shape index (κ2) is 10.5. The van der Waals surface area contributed by atoms with Crippen molar-refractivity contribution in [2.75, 3.05) is 11.1 Å². The summed E-state index contributed by atoms with van der Waals surface area (Å²) in [5.41, 5.74) is 0. The molecule has 158 valence electrons. The number of rotatable bonds is 8. The Morgan fingerprint density at radius 2 is 2.10 bits per heavy atom. The van der Waals surface area contributed by atoms with Gasteiger partial charge in [0.15, 0.2) is 17.1 Å². The molecule has 0 bridgehead atoms. The molecule has 11 heteroatoms. The van der Waals surface area contributed by atoms with Crippen LogP contribution in [0.5, 0.6) is 5.75 Å². The summed E-state index contributed by atoms with van der Waals surface area (Å²) in [5, 5.41) is 12.8. The van der Waals surface area contributed by atoms with Crippen LogP contribution in [0.2, 0.25) is 10.0 Å². The van der Waals surface area contributed by atoms with Gasteiger partial charge in [-0.05, 0) is 60.1 Å². The van der Waals surface area contributed by atoms with Crippen molar-refractivity contribution in [3.05, 3.63) is 56.9 Å². The summed E-state index contributed by atoms with van der Waals surface area (Å²) in [4.78, 5) is 16.4. The number of carbonyl (C=O) groups excluding carboxylic acids is 1. The van der Waals surface area contributed by atoms with Gasteiger partial charge >= 0.3 is 0 Å². The predicted molar refractivity (Wildman–Crippen MR) is 122 cm³/mol. The lowest BCUT2D eigenvalue weighted by Crippen LogP contribution is -2.16. The molecule has 2 aromatic heterocycles. The minimum atomic E-state index is -0.397. The Morgan fingerprint density at radius 3 is 2.77 bits per heavy atom. The molecule has 0 spiro atoms. The van der Waals surface area contributed by atoms with E-state index in [0.29, 0.717) is 39.1 Å². The first kappa shape index (κ1) is 22.9. The van der Waals surface area contributed by atoms with Crippen molar-refractivity contribution < 1.29 is 9.53 Å². The SMILES string of the molecule is CCn1c(SCC(=O)Nc2ccc(Br)cn2)nnc1C(C)Oc1ccc(Cl)cc1Cl. The molecule has 30 heavy (non-hydrogen) atoms. The van der Waals surface area contributed by atoms with Crippen LogP contribution in [0.4, 0.5) is 5.82 Å². The Balaban J connectivity index is 1.64. The third-order valence-corrected chi connectivity index (χ3v) is 5.92. The summed E-state index contributed by atoms with van der Waals surface area (Å²) in [6, 6.07) is 8.57. The molecule has 1 unspecified atom stereocenters. The Labute approximate surface area is 196 Å². The van der Waals surface area contributed by atoms with E-state index in [1.165, 1.54) is 11.8 Å². The van der Waals surface area contributed by atoms with E-state index in [1.54, 1.807) is 30.5 Å². The van der Waals surface area contributed by atoms with E-state index in [0.717, 1.165) is 4.47 Å². The molecule has 1 aromatic carbocycles. The number of carbonyl (C=O) groups is 1. The lowest BCUT2D eigenvalue weighted by molar-refractivity contribution is -0.113. The third-order valence-electron chi connectivity index (χ3n) is 3.95. The first-order chi connectivity index (χ1) is 14.4. The Kier molecular flexibility index (Phi) is 7.99. The topological polar surface area (TPSA) is 81.9 Å². The van der Waals surface area contributed by atoms with Crippen molar-refractivity contribution >= 4 is 62.6 Å². The standard InChI is InChI=1S/C19H18BrCl2N5O2S/c1-3-27-18(11(2)29-15-6-5-13(21)8-14(15)22)25-26-19(27)30-10-17(28)24-16-7-4-12(20)9-23-16/h4-9,11H,3,10H2,1-2H3,(H,23,24,28). The Bertz CT molecular complexity index is 1030. The number of nitrogens with zero attached hydrogens (tertiary/aromatic N) is 4. The number of amides is 1. The van der Waals surface area contributed by atoms with Crippen molar-refractivity contribution in [2.24, 2.45) is 0 Å². The van der Waals surface area contributed by atoms with Gasteiger partial charge in [-0.2, -0.15) is 0 Å². The fourth-order valence-electron chi connectivity index (χ4n) is 2.58. The lowest BCUT2D eigenvalue weighted by atomic mass is 10.3. The number of benzene rings is 1. The van der Waals surface area contributed by atoms with Crippen LogP contribution in [-0.4, -0.2) is 31.4 Å². The molecule has 0 fully saturated rings. The van der Waals surface area contributed by atoms with Crippen LogP contribution in [0.3, 0.4) is 0 Å². The molecule has 2 heterocycles. The predicted octanol–water partition coefficient (Wildman–Crippen LogP) is 5.63. The van der Waals surface area contributed by atoms with E-state index in [1.807, 2.05) is 24.5 Å². The van der Waals surface area contributed by atoms with Crippen LogP contribution in [0.25, 0.3) is 0 Å². The average molecular weight is 531 g/mol. The van der Waals surface area contributed by atoms with Crippen LogP contribution >= 0.6 is 50.9 Å². The molecule has 0 aliphatic heterocycles. The fraction of sp³-hybridized carbons (Fsp3) is 0.263. The second-order valence-electron chi connectivity index (χ2n) is 6.12. The van der Waals surface area contributed by atoms with E-state index < -0.39 is 6.10 Å². The summed E-state index contributed by atoms with van der Waals surface area (Å²) in [7, 11) is 0. The Hall–Kier alpha value is -1.81. The summed E-state index contributed by atoms with van der Waals surface area (Å²) in [6.07, 6.45) is 1.23. The van der Waals surface area contributed by atoms with Gasteiger partial charge in [0.1, 0.15) is 11.6 Å². The zero-order chi connectivity index (χ0) is 21.7. The number of thioether (sulfide) groups is 1. The first-order valence-electron chi connectivity index (χ1n) is 8.96. The van der Waals surface area contributed by atoms with Crippen molar-refractivity contribution in [1.29, 1.82) is 0 Å². The minimum absolute atomic E-state index is 0.175. The maximum Gasteiger partial charge on any atom is 0.236 e. The van der Waals surface area contributed by atoms with Gasteiger partial charge in [0.05, 0.1) is 10.8 Å². The van der Waals surface area contributed by atoms with Gasteiger partial charge in [0, 0.05) is 22.2 Å². The average Bonchev–Trinajstić information content (AvgIpc) is 3.13. The summed E-state index contributed by atoms with van der Waals surface area (Å²) < 4.78 is 8.69. The van der Waals surface area contributed by atoms with Crippen LogP contribution in [0.15, 0.2) is 46.2 Å². The first-order valence-corrected chi connectivity index (χ1v) is 11.5. The van der Waals surface area contributed by atoms with Crippen LogP contribution in [0, 0.1) is 0 Å². The highest BCUT2D eigenvalue weighted by Crippen LogP contribution is 2.31. The number of aromatic nitrogens is 4. The number of hydrogen-bond donors (Lipinski definition) is 1. The number of pyridine rings is 1. The van der Waals surface area contributed by atoms with Gasteiger partial charge in [-0.1, -0.05) is 35.0 Å². The van der Waals surface area contributed by atoms with E-state index in [9.17, 15) is 4.79 Å². The molecule has 7 nitrogen and oxygen atoms in total. The molecule has 3 aromatic rings. The lowest BCUT2D eigenvalue weighted by Gasteiger charge is -2.16. The summed E-state index contributed by atoms with van der Waals surface area (Å²) >= 11 is 16.7. The monoisotopic (exact) mass is 529 g/mol. The van der Waals surface area contributed by atoms with E-state index in [4.69, 9.17) is 27.9 Å². The summed E-state index contributed by atoms with van der Waals surface area (Å²) in [5.74, 6) is 1.63. The van der Waals surface area contributed by atoms with E-state index in [-0.39, 0.29) is 11.7 Å². The molecule has 1 atom stereocenters. The van der Waals surface area contributed by atoms with Crippen molar-refractivity contribution in [3.8, 4) is 5.75 Å². The van der Waals surface area contributed by atoms with Gasteiger partial charge < -0.3 is 14.6 Å². The van der Waals surface area contributed by atoms with Crippen molar-refractivity contribution in [1.82, 2.24) is 19.7 Å². The molecule has 3 rings (SSSR count). The van der Waals surface area contributed by atoms with Gasteiger partial charge in [-0.3, -0.25) is 4.79 Å². The largest absolute Gasteiger partial charge is 0.481 e. The van der Waals surface area contributed by atoms with Gasteiger partial charge in [0.25, 0.3) is 0 Å². The third kappa shape index (κ3) is 5.87. The highest BCUT2D eigenvalue weighted by Gasteiger charge is 2.20. The number of halogens is 3. The second-order valence-corrected chi connectivity index (χ2v) is 8.82. The highest BCUT2D eigenvalue weighted by atomic mass is 79.9. The molecular weight excluding hydrogens is 513 g/mol. The van der Waals surface area contributed by atoms with E-state index in [2.05, 4.69) is 36.4 Å². The van der Waals surface area contributed by atoms with Crippen LogP contribution in [-0.2, 0) is 11.3 Å². The number of ether oxygens (including phenoxy) is 1. The molecule has 0 saturated carbocycles. The zero-order valence-electron chi connectivity index (χ0n) is 16.1. The molecule has 0 aliphatic carbocycles. The minimum Gasteiger partial charge on any atom is -0.481 e. The molecule has 1 N–H and O–H groups in total. The van der Waals surface area contributed by atoms with Gasteiger partial charge in [0.2, 0.25) is 5.91 Å². The molecule has 0 aliphatic rings. The highest BCUT2D eigenvalue weighted by molar-refractivity contribution is 9.10. The molecule has 0 radical (unpaired) electrons.